The number of ether oxygens (including phenoxy) is 1. The van der Waals surface area contributed by atoms with Gasteiger partial charge in [0.2, 0.25) is 0 Å². The van der Waals surface area contributed by atoms with Gasteiger partial charge in [-0.2, -0.15) is 0 Å². The molecule has 7 heteroatoms. The number of esters is 1. The third kappa shape index (κ3) is 4.85. The second-order valence-corrected chi connectivity index (χ2v) is 6.42. The van der Waals surface area contributed by atoms with Crippen molar-refractivity contribution in [1.29, 1.82) is 0 Å². The van der Waals surface area contributed by atoms with Crippen LogP contribution in [0.4, 0.5) is 0 Å². The summed E-state index contributed by atoms with van der Waals surface area (Å²) in [4.78, 5) is 32.6. The first kappa shape index (κ1) is 17.1. The van der Waals surface area contributed by atoms with Crippen molar-refractivity contribution in [2.45, 2.75) is 20.8 Å². The Labute approximate surface area is 138 Å². The van der Waals surface area contributed by atoms with Crippen molar-refractivity contribution in [3.05, 3.63) is 35.0 Å². The average molecular weight is 333 g/mol. The predicted octanol–water partition coefficient (Wildman–Crippen LogP) is 2.44. The van der Waals surface area contributed by atoms with Gasteiger partial charge in [0.1, 0.15) is 9.88 Å². The summed E-state index contributed by atoms with van der Waals surface area (Å²) in [6.45, 7) is 5.98. The van der Waals surface area contributed by atoms with Crippen molar-refractivity contribution in [3.8, 4) is 10.7 Å². The predicted molar refractivity (Wildman–Crippen MR) is 88.2 cm³/mol. The fourth-order valence-corrected chi connectivity index (χ4v) is 2.69. The van der Waals surface area contributed by atoms with Gasteiger partial charge in [0.05, 0.1) is 11.4 Å². The van der Waals surface area contributed by atoms with E-state index in [1.54, 1.807) is 13.1 Å². The van der Waals surface area contributed by atoms with Crippen LogP contribution in [0, 0.1) is 12.8 Å². The van der Waals surface area contributed by atoms with Gasteiger partial charge in [0, 0.05) is 12.7 Å². The summed E-state index contributed by atoms with van der Waals surface area (Å²) in [7, 11) is 0. The van der Waals surface area contributed by atoms with Crippen LogP contribution in [-0.2, 0) is 9.53 Å². The molecular weight excluding hydrogens is 314 g/mol. The van der Waals surface area contributed by atoms with Gasteiger partial charge < -0.3 is 10.1 Å². The second-order valence-electron chi connectivity index (χ2n) is 5.42. The number of hydrogen-bond donors (Lipinski definition) is 1. The van der Waals surface area contributed by atoms with Crippen molar-refractivity contribution < 1.29 is 14.3 Å². The second kappa shape index (κ2) is 7.82. The molecule has 0 atom stereocenters. The van der Waals surface area contributed by atoms with E-state index in [1.165, 1.54) is 11.3 Å². The lowest BCUT2D eigenvalue weighted by Gasteiger charge is -2.07. The first-order valence-electron chi connectivity index (χ1n) is 7.30. The van der Waals surface area contributed by atoms with Crippen LogP contribution in [0.15, 0.2) is 24.4 Å². The number of carbonyl (C=O) groups excluding carboxylic acids is 2. The number of rotatable bonds is 6. The molecule has 1 amide bonds. The first-order valence-corrected chi connectivity index (χ1v) is 8.11. The molecule has 0 aliphatic carbocycles. The number of amides is 1. The SMILES string of the molecule is Cc1nc(-c2ccccn2)sc1C(=O)OCC(=O)NCC(C)C. The summed E-state index contributed by atoms with van der Waals surface area (Å²) >= 11 is 1.21. The number of hydrogen-bond acceptors (Lipinski definition) is 6. The van der Waals surface area contributed by atoms with E-state index in [4.69, 9.17) is 4.74 Å². The highest BCUT2D eigenvalue weighted by molar-refractivity contribution is 7.17. The van der Waals surface area contributed by atoms with Gasteiger partial charge in [-0.3, -0.25) is 9.78 Å². The van der Waals surface area contributed by atoms with E-state index < -0.39 is 5.97 Å². The molecule has 2 aromatic rings. The summed E-state index contributed by atoms with van der Waals surface area (Å²) in [5, 5.41) is 3.35. The Hall–Kier alpha value is -2.28. The molecule has 0 spiro atoms. The molecule has 0 saturated heterocycles. The minimum absolute atomic E-state index is 0.290. The summed E-state index contributed by atoms with van der Waals surface area (Å²) in [5.41, 5.74) is 1.28. The van der Waals surface area contributed by atoms with E-state index in [2.05, 4.69) is 15.3 Å². The van der Waals surface area contributed by atoms with E-state index in [-0.39, 0.29) is 12.5 Å². The number of pyridine rings is 1. The molecule has 23 heavy (non-hydrogen) atoms. The molecule has 0 saturated carbocycles. The van der Waals surface area contributed by atoms with Crippen LogP contribution in [0.25, 0.3) is 10.7 Å². The summed E-state index contributed by atoms with van der Waals surface area (Å²) in [6.07, 6.45) is 1.67. The molecule has 2 heterocycles. The van der Waals surface area contributed by atoms with Gasteiger partial charge >= 0.3 is 5.97 Å². The number of aryl methyl sites for hydroxylation is 1. The van der Waals surface area contributed by atoms with Crippen molar-refractivity contribution in [1.82, 2.24) is 15.3 Å². The highest BCUT2D eigenvalue weighted by Gasteiger charge is 2.19. The van der Waals surface area contributed by atoms with Crippen LogP contribution < -0.4 is 5.32 Å². The molecule has 0 aliphatic heterocycles. The molecule has 1 N–H and O–H groups in total. The van der Waals surface area contributed by atoms with Gasteiger partial charge in [0.25, 0.3) is 5.91 Å². The third-order valence-corrected chi connectivity index (χ3v) is 4.07. The molecule has 6 nitrogen and oxygen atoms in total. The number of nitrogens with one attached hydrogen (secondary N) is 1. The maximum absolute atomic E-state index is 12.1. The molecule has 2 aromatic heterocycles. The van der Waals surface area contributed by atoms with Gasteiger partial charge in [0.15, 0.2) is 6.61 Å². The lowest BCUT2D eigenvalue weighted by Crippen LogP contribution is -2.31. The zero-order valence-electron chi connectivity index (χ0n) is 13.3. The van der Waals surface area contributed by atoms with Crippen molar-refractivity contribution >= 4 is 23.2 Å². The highest BCUT2D eigenvalue weighted by atomic mass is 32.1. The Bertz CT molecular complexity index is 683. The largest absolute Gasteiger partial charge is 0.451 e. The summed E-state index contributed by atoms with van der Waals surface area (Å²) < 4.78 is 5.05. The van der Waals surface area contributed by atoms with Gasteiger partial charge in [-0.25, -0.2) is 9.78 Å². The molecular formula is C16H19N3O3S. The van der Waals surface area contributed by atoms with Crippen LogP contribution in [0.3, 0.4) is 0 Å². The number of thiazole rings is 1. The normalized spacial score (nSPS) is 10.6. The van der Waals surface area contributed by atoms with Gasteiger partial charge in [-0.15, -0.1) is 11.3 Å². The minimum Gasteiger partial charge on any atom is -0.451 e. The Kier molecular flexibility index (Phi) is 5.81. The van der Waals surface area contributed by atoms with Crippen molar-refractivity contribution in [2.75, 3.05) is 13.2 Å². The van der Waals surface area contributed by atoms with Crippen LogP contribution in [0.5, 0.6) is 0 Å². The maximum Gasteiger partial charge on any atom is 0.350 e. The zero-order chi connectivity index (χ0) is 16.8. The van der Waals surface area contributed by atoms with E-state index in [0.717, 1.165) is 0 Å². The van der Waals surface area contributed by atoms with E-state index >= 15 is 0 Å². The highest BCUT2D eigenvalue weighted by Crippen LogP contribution is 2.26. The fraction of sp³-hybridized carbons (Fsp3) is 0.375. The molecule has 122 valence electrons. The fourth-order valence-electron chi connectivity index (χ4n) is 1.75. The van der Waals surface area contributed by atoms with E-state index in [0.29, 0.717) is 33.7 Å². The molecule has 0 radical (unpaired) electrons. The molecule has 0 fully saturated rings. The average Bonchev–Trinajstić information content (AvgIpc) is 2.93. The Morgan fingerprint density at radius 2 is 2.13 bits per heavy atom. The topological polar surface area (TPSA) is 81.2 Å². The summed E-state index contributed by atoms with van der Waals surface area (Å²) in [6, 6.07) is 5.50. The van der Waals surface area contributed by atoms with Crippen molar-refractivity contribution in [2.24, 2.45) is 5.92 Å². The molecule has 0 aromatic carbocycles. The molecule has 0 unspecified atom stereocenters. The van der Waals surface area contributed by atoms with Crippen LogP contribution in [-0.4, -0.2) is 35.0 Å². The smallest absolute Gasteiger partial charge is 0.350 e. The lowest BCUT2D eigenvalue weighted by molar-refractivity contribution is -0.124. The number of carbonyl (C=O) groups is 2. The van der Waals surface area contributed by atoms with Gasteiger partial charge in [-0.1, -0.05) is 19.9 Å². The minimum atomic E-state index is -0.540. The van der Waals surface area contributed by atoms with Crippen LogP contribution in [0.2, 0.25) is 0 Å². The molecule has 0 bridgehead atoms. The molecule has 0 aliphatic rings. The van der Waals surface area contributed by atoms with Crippen molar-refractivity contribution in [3.63, 3.8) is 0 Å². The number of nitrogens with zero attached hydrogens (tertiary/aromatic N) is 2. The summed E-state index contributed by atoms with van der Waals surface area (Å²) in [5.74, 6) is -0.500. The Morgan fingerprint density at radius 1 is 1.35 bits per heavy atom. The van der Waals surface area contributed by atoms with E-state index in [1.807, 2.05) is 32.0 Å². The Balaban J connectivity index is 1.98. The maximum atomic E-state index is 12.1. The van der Waals surface area contributed by atoms with Crippen LogP contribution in [0.1, 0.15) is 29.2 Å². The molecule has 2 rings (SSSR count). The quantitative estimate of drug-likeness (QED) is 0.821. The Morgan fingerprint density at radius 3 is 2.78 bits per heavy atom. The lowest BCUT2D eigenvalue weighted by atomic mass is 10.2. The number of aromatic nitrogens is 2. The standard InChI is InChI=1S/C16H19N3O3S/c1-10(2)8-18-13(20)9-22-16(21)14-11(3)19-15(23-14)12-6-4-5-7-17-12/h4-7,10H,8-9H2,1-3H3,(H,18,20). The first-order chi connectivity index (χ1) is 11.0. The monoisotopic (exact) mass is 333 g/mol. The van der Waals surface area contributed by atoms with Crippen LogP contribution >= 0.6 is 11.3 Å². The zero-order valence-corrected chi connectivity index (χ0v) is 14.1. The third-order valence-electron chi connectivity index (χ3n) is 2.91. The van der Waals surface area contributed by atoms with E-state index in [9.17, 15) is 9.59 Å². The van der Waals surface area contributed by atoms with Gasteiger partial charge in [-0.05, 0) is 25.0 Å².